The Kier molecular flexibility index (Phi) is 4.93. The fourth-order valence-corrected chi connectivity index (χ4v) is 2.58. The van der Waals surface area contributed by atoms with Crippen LogP contribution >= 0.6 is 0 Å². The molecule has 0 atom stereocenters. The van der Waals surface area contributed by atoms with Crippen molar-refractivity contribution in [2.24, 2.45) is 0 Å². The standard InChI is InChI=1S/C18H20FN3O2/c1-24-17-13(6-4-10-20-17)11-21-18(23)22(15-8-9-15)12-14-5-2-3-7-16(14)19/h2-7,10,15H,8-9,11-12H2,1H3,(H,21,23). The van der Waals surface area contributed by atoms with Gasteiger partial charge >= 0.3 is 6.03 Å². The highest BCUT2D eigenvalue weighted by Gasteiger charge is 2.33. The molecule has 126 valence electrons. The van der Waals surface area contributed by atoms with Gasteiger partial charge in [0.25, 0.3) is 0 Å². The molecule has 2 aromatic rings. The molecule has 24 heavy (non-hydrogen) atoms. The number of halogens is 1. The zero-order valence-corrected chi connectivity index (χ0v) is 13.5. The molecule has 3 rings (SSSR count). The Morgan fingerprint density at radius 2 is 2.04 bits per heavy atom. The van der Waals surface area contributed by atoms with Crippen LogP contribution in [0.2, 0.25) is 0 Å². The van der Waals surface area contributed by atoms with E-state index in [0.29, 0.717) is 18.0 Å². The summed E-state index contributed by atoms with van der Waals surface area (Å²) >= 11 is 0. The zero-order chi connectivity index (χ0) is 16.9. The smallest absolute Gasteiger partial charge is 0.318 e. The first-order valence-electron chi connectivity index (χ1n) is 7.95. The molecule has 1 aromatic heterocycles. The molecule has 0 saturated heterocycles. The number of carbonyl (C=O) groups is 1. The van der Waals surface area contributed by atoms with E-state index in [-0.39, 0.29) is 24.4 Å². The Hall–Kier alpha value is -2.63. The third kappa shape index (κ3) is 3.82. The molecule has 1 N–H and O–H groups in total. The maximum Gasteiger partial charge on any atom is 0.318 e. The number of urea groups is 1. The molecule has 1 fully saturated rings. The summed E-state index contributed by atoms with van der Waals surface area (Å²) in [6.45, 7) is 0.587. The van der Waals surface area contributed by atoms with Crippen molar-refractivity contribution >= 4 is 6.03 Å². The number of nitrogens with one attached hydrogen (secondary N) is 1. The van der Waals surface area contributed by atoms with E-state index in [9.17, 15) is 9.18 Å². The average Bonchev–Trinajstić information content (AvgIpc) is 3.44. The van der Waals surface area contributed by atoms with Crippen molar-refractivity contribution in [2.75, 3.05) is 7.11 Å². The van der Waals surface area contributed by atoms with Crippen LogP contribution in [0.4, 0.5) is 9.18 Å². The molecule has 0 aliphatic heterocycles. The molecule has 0 radical (unpaired) electrons. The van der Waals surface area contributed by atoms with Crippen molar-refractivity contribution in [3.8, 4) is 5.88 Å². The number of rotatable bonds is 6. The summed E-state index contributed by atoms with van der Waals surface area (Å²) < 4.78 is 19.0. The van der Waals surface area contributed by atoms with Crippen LogP contribution in [0.25, 0.3) is 0 Å². The molecule has 1 aliphatic rings. The first-order chi connectivity index (χ1) is 11.7. The molecule has 6 heteroatoms. The first-order valence-corrected chi connectivity index (χ1v) is 7.95. The quantitative estimate of drug-likeness (QED) is 0.886. The highest BCUT2D eigenvalue weighted by atomic mass is 19.1. The van der Waals surface area contributed by atoms with E-state index in [1.54, 1.807) is 42.5 Å². The van der Waals surface area contributed by atoms with Gasteiger partial charge in [-0.2, -0.15) is 0 Å². The summed E-state index contributed by atoms with van der Waals surface area (Å²) in [4.78, 5) is 18.4. The van der Waals surface area contributed by atoms with E-state index in [1.807, 2.05) is 6.07 Å². The second-order valence-corrected chi connectivity index (χ2v) is 5.78. The highest BCUT2D eigenvalue weighted by molar-refractivity contribution is 5.75. The number of benzene rings is 1. The van der Waals surface area contributed by atoms with Gasteiger partial charge in [-0.25, -0.2) is 14.2 Å². The van der Waals surface area contributed by atoms with Gasteiger partial charge in [0.15, 0.2) is 0 Å². The second kappa shape index (κ2) is 7.29. The molecule has 0 unspecified atom stereocenters. The lowest BCUT2D eigenvalue weighted by Crippen LogP contribution is -2.40. The fourth-order valence-electron chi connectivity index (χ4n) is 2.58. The molecular formula is C18H20FN3O2. The minimum Gasteiger partial charge on any atom is -0.481 e. The first kappa shape index (κ1) is 16.2. The Morgan fingerprint density at radius 3 is 2.75 bits per heavy atom. The summed E-state index contributed by atoms with van der Waals surface area (Å²) in [6.07, 6.45) is 3.55. The zero-order valence-electron chi connectivity index (χ0n) is 13.5. The molecule has 5 nitrogen and oxygen atoms in total. The SMILES string of the molecule is COc1ncccc1CNC(=O)N(Cc1ccccc1F)C1CC1. The number of aromatic nitrogens is 1. The molecule has 1 heterocycles. The van der Waals surface area contributed by atoms with Crippen molar-refractivity contribution < 1.29 is 13.9 Å². The van der Waals surface area contributed by atoms with Crippen LogP contribution in [0.3, 0.4) is 0 Å². The van der Waals surface area contributed by atoms with E-state index < -0.39 is 0 Å². The van der Waals surface area contributed by atoms with E-state index in [1.165, 1.54) is 6.07 Å². The number of pyridine rings is 1. The topological polar surface area (TPSA) is 54.5 Å². The Labute approximate surface area is 140 Å². The fraction of sp³-hybridized carbons (Fsp3) is 0.333. The van der Waals surface area contributed by atoms with Gasteiger partial charge in [0, 0.05) is 29.9 Å². The number of hydrogen-bond acceptors (Lipinski definition) is 3. The summed E-state index contributed by atoms with van der Waals surface area (Å²) in [5.74, 6) is 0.203. The minimum atomic E-state index is -0.287. The van der Waals surface area contributed by atoms with Crippen molar-refractivity contribution in [1.29, 1.82) is 0 Å². The van der Waals surface area contributed by atoms with Gasteiger partial charge in [0.05, 0.1) is 13.7 Å². The monoisotopic (exact) mass is 329 g/mol. The highest BCUT2D eigenvalue weighted by Crippen LogP contribution is 2.29. The van der Waals surface area contributed by atoms with Crippen LogP contribution < -0.4 is 10.1 Å². The van der Waals surface area contributed by atoms with Crippen molar-refractivity contribution in [1.82, 2.24) is 15.2 Å². The molecule has 1 aliphatic carbocycles. The molecule has 0 bridgehead atoms. The Morgan fingerprint density at radius 1 is 1.29 bits per heavy atom. The number of methoxy groups -OCH3 is 1. The van der Waals surface area contributed by atoms with Gasteiger partial charge < -0.3 is 15.0 Å². The normalized spacial score (nSPS) is 13.4. The van der Waals surface area contributed by atoms with E-state index >= 15 is 0 Å². The summed E-state index contributed by atoms with van der Waals surface area (Å²) in [5.41, 5.74) is 1.33. The number of hydrogen-bond donors (Lipinski definition) is 1. The Bertz CT molecular complexity index is 719. The van der Waals surface area contributed by atoms with Crippen LogP contribution in [0.15, 0.2) is 42.6 Å². The molecule has 2 amide bonds. The van der Waals surface area contributed by atoms with Gasteiger partial charge in [0.1, 0.15) is 5.82 Å². The number of carbonyl (C=O) groups excluding carboxylic acids is 1. The summed E-state index contributed by atoms with van der Waals surface area (Å²) in [5, 5.41) is 2.88. The van der Waals surface area contributed by atoms with Crippen LogP contribution in [-0.4, -0.2) is 29.1 Å². The summed E-state index contributed by atoms with van der Waals surface area (Å²) in [6, 6.07) is 10.2. The molecule has 0 spiro atoms. The predicted octanol–water partition coefficient (Wildman–Crippen LogP) is 3.10. The van der Waals surface area contributed by atoms with Gasteiger partial charge in [-0.15, -0.1) is 0 Å². The van der Waals surface area contributed by atoms with Crippen molar-refractivity contribution in [2.45, 2.75) is 32.0 Å². The van der Waals surface area contributed by atoms with Crippen LogP contribution in [0.5, 0.6) is 5.88 Å². The minimum absolute atomic E-state index is 0.181. The van der Waals surface area contributed by atoms with Crippen LogP contribution in [0.1, 0.15) is 24.0 Å². The van der Waals surface area contributed by atoms with Crippen LogP contribution in [0, 0.1) is 5.82 Å². The van der Waals surface area contributed by atoms with Gasteiger partial charge in [-0.1, -0.05) is 24.3 Å². The van der Waals surface area contributed by atoms with E-state index in [4.69, 9.17) is 4.74 Å². The maximum atomic E-state index is 13.9. The van der Waals surface area contributed by atoms with Crippen molar-refractivity contribution in [3.63, 3.8) is 0 Å². The van der Waals surface area contributed by atoms with Gasteiger partial charge in [0.2, 0.25) is 5.88 Å². The Balaban J connectivity index is 1.66. The van der Waals surface area contributed by atoms with E-state index in [0.717, 1.165) is 18.4 Å². The summed E-state index contributed by atoms with van der Waals surface area (Å²) in [7, 11) is 1.54. The lowest BCUT2D eigenvalue weighted by molar-refractivity contribution is 0.190. The van der Waals surface area contributed by atoms with Crippen LogP contribution in [-0.2, 0) is 13.1 Å². The lowest BCUT2D eigenvalue weighted by Gasteiger charge is -2.23. The van der Waals surface area contributed by atoms with Gasteiger partial charge in [-0.3, -0.25) is 0 Å². The molecule has 1 aromatic carbocycles. The number of nitrogens with zero attached hydrogens (tertiary/aromatic N) is 2. The van der Waals surface area contributed by atoms with E-state index in [2.05, 4.69) is 10.3 Å². The third-order valence-corrected chi connectivity index (χ3v) is 4.02. The van der Waals surface area contributed by atoms with Crippen molar-refractivity contribution in [3.05, 3.63) is 59.5 Å². The number of amides is 2. The van der Waals surface area contributed by atoms with Gasteiger partial charge in [-0.05, 0) is 25.0 Å². The number of ether oxygens (including phenoxy) is 1. The third-order valence-electron chi connectivity index (χ3n) is 4.02. The lowest BCUT2D eigenvalue weighted by atomic mass is 10.2. The predicted molar refractivity (Wildman–Crippen MR) is 88.0 cm³/mol. The second-order valence-electron chi connectivity index (χ2n) is 5.78. The average molecular weight is 329 g/mol. The maximum absolute atomic E-state index is 13.9. The largest absolute Gasteiger partial charge is 0.481 e. The molecular weight excluding hydrogens is 309 g/mol. The molecule has 1 saturated carbocycles.